The molecular formula is C26H42N6O2. The first-order valence-corrected chi connectivity index (χ1v) is 13.0. The molecule has 2 aromatic rings. The van der Waals surface area contributed by atoms with Gasteiger partial charge in [0.05, 0.1) is 37.5 Å². The van der Waals surface area contributed by atoms with Crippen LogP contribution in [0.15, 0.2) is 24.8 Å². The molecule has 4 atom stereocenters. The van der Waals surface area contributed by atoms with Crippen molar-refractivity contribution in [1.29, 1.82) is 0 Å². The van der Waals surface area contributed by atoms with Crippen LogP contribution in [0.25, 0.3) is 0 Å². The van der Waals surface area contributed by atoms with Gasteiger partial charge in [0, 0.05) is 37.9 Å². The Kier molecular flexibility index (Phi) is 10.0. The van der Waals surface area contributed by atoms with Crippen molar-refractivity contribution in [3.8, 4) is 0 Å². The number of nitrogens with zero attached hydrogens (tertiary/aromatic N) is 6. The number of ether oxygens (including phenoxy) is 2. The number of anilines is 2. The lowest BCUT2D eigenvalue weighted by atomic mass is 10.2. The van der Waals surface area contributed by atoms with Gasteiger partial charge in [0.15, 0.2) is 0 Å². The summed E-state index contributed by atoms with van der Waals surface area (Å²) in [6.07, 6.45) is 13.1. The van der Waals surface area contributed by atoms with Crippen molar-refractivity contribution < 1.29 is 9.47 Å². The summed E-state index contributed by atoms with van der Waals surface area (Å²) in [5, 5.41) is 0. The van der Waals surface area contributed by atoms with Crippen molar-refractivity contribution in [3.05, 3.63) is 35.9 Å². The minimum atomic E-state index is 0.397. The fourth-order valence-electron chi connectivity index (χ4n) is 4.80. The lowest BCUT2D eigenvalue weighted by Crippen LogP contribution is -2.46. The van der Waals surface area contributed by atoms with E-state index in [1.807, 2.05) is 66.3 Å². The standard InChI is InChI=1S/2C11H15N3O.2C2H6/c1-8-4-12-11(13-5-8)14-9-2-3-10(14)7-15-6-9;1-8-4-12-11(13-5-8)14-6-9-2-3-10(7-14)15-9;2*1-2/h2*4-5,9-10H,2-3,6-7H2,1H3;2*1-2H3. The van der Waals surface area contributed by atoms with E-state index in [2.05, 4.69) is 29.7 Å². The molecule has 4 aliphatic rings. The molecular weight excluding hydrogens is 428 g/mol. The van der Waals surface area contributed by atoms with E-state index in [9.17, 15) is 0 Å². The highest BCUT2D eigenvalue weighted by Gasteiger charge is 2.38. The summed E-state index contributed by atoms with van der Waals surface area (Å²) in [4.78, 5) is 22.1. The average Bonchev–Trinajstić information content (AvgIpc) is 3.35. The van der Waals surface area contributed by atoms with Crippen LogP contribution in [0.5, 0.6) is 0 Å². The van der Waals surface area contributed by atoms with E-state index in [1.165, 1.54) is 25.7 Å². The molecule has 0 radical (unpaired) electrons. The first-order valence-electron chi connectivity index (χ1n) is 13.0. The van der Waals surface area contributed by atoms with Crippen LogP contribution in [0, 0.1) is 13.8 Å². The predicted octanol–water partition coefficient (Wildman–Crippen LogP) is 4.36. The molecule has 188 valence electrons. The molecule has 0 aromatic carbocycles. The average molecular weight is 471 g/mol. The Balaban J connectivity index is 0.000000167. The van der Waals surface area contributed by atoms with E-state index in [4.69, 9.17) is 9.47 Å². The quantitative estimate of drug-likeness (QED) is 0.641. The molecule has 4 fully saturated rings. The Bertz CT molecular complexity index is 819. The van der Waals surface area contributed by atoms with Crippen LogP contribution in [0.1, 0.15) is 64.5 Å². The van der Waals surface area contributed by atoms with Crippen LogP contribution in [0.3, 0.4) is 0 Å². The number of aromatic nitrogens is 4. The highest BCUT2D eigenvalue weighted by molar-refractivity contribution is 5.37. The van der Waals surface area contributed by atoms with E-state index in [-0.39, 0.29) is 0 Å². The molecule has 8 heteroatoms. The zero-order chi connectivity index (χ0) is 24.5. The van der Waals surface area contributed by atoms with Gasteiger partial charge in [-0.1, -0.05) is 27.7 Å². The van der Waals surface area contributed by atoms with Gasteiger partial charge < -0.3 is 19.3 Å². The van der Waals surface area contributed by atoms with Gasteiger partial charge in [-0.05, 0) is 50.7 Å². The summed E-state index contributed by atoms with van der Waals surface area (Å²) in [6.45, 7) is 15.6. The second-order valence-electron chi connectivity index (χ2n) is 8.81. The van der Waals surface area contributed by atoms with Crippen LogP contribution in [-0.2, 0) is 9.47 Å². The molecule has 0 aliphatic carbocycles. The van der Waals surface area contributed by atoms with E-state index in [0.29, 0.717) is 24.3 Å². The molecule has 0 saturated carbocycles. The molecule has 4 aliphatic heterocycles. The van der Waals surface area contributed by atoms with Gasteiger partial charge in [-0.15, -0.1) is 0 Å². The van der Waals surface area contributed by atoms with Crippen molar-refractivity contribution in [2.45, 2.75) is 91.5 Å². The van der Waals surface area contributed by atoms with Crippen LogP contribution in [0.4, 0.5) is 11.9 Å². The molecule has 4 bridgehead atoms. The van der Waals surface area contributed by atoms with Crippen molar-refractivity contribution in [2.24, 2.45) is 0 Å². The van der Waals surface area contributed by atoms with Gasteiger partial charge in [0.2, 0.25) is 11.9 Å². The summed E-state index contributed by atoms with van der Waals surface area (Å²) in [5.41, 5.74) is 2.22. The first kappa shape index (κ1) is 26.3. The van der Waals surface area contributed by atoms with Crippen molar-refractivity contribution >= 4 is 11.9 Å². The monoisotopic (exact) mass is 470 g/mol. The first-order chi connectivity index (χ1) is 16.7. The summed E-state index contributed by atoms with van der Waals surface area (Å²) < 4.78 is 11.3. The Morgan fingerprint density at radius 1 is 0.676 bits per heavy atom. The topological polar surface area (TPSA) is 76.5 Å². The summed E-state index contributed by atoms with van der Waals surface area (Å²) in [6, 6.07) is 0.984. The molecule has 0 spiro atoms. The third-order valence-corrected chi connectivity index (χ3v) is 6.33. The zero-order valence-corrected chi connectivity index (χ0v) is 21.8. The third-order valence-electron chi connectivity index (χ3n) is 6.33. The maximum Gasteiger partial charge on any atom is 0.225 e. The minimum Gasteiger partial charge on any atom is -0.377 e. The lowest BCUT2D eigenvalue weighted by molar-refractivity contribution is 0.0299. The van der Waals surface area contributed by atoms with E-state index in [1.54, 1.807) is 0 Å². The highest BCUT2D eigenvalue weighted by Crippen LogP contribution is 2.31. The Morgan fingerprint density at radius 3 is 1.59 bits per heavy atom. The molecule has 6 heterocycles. The number of hydrogen-bond acceptors (Lipinski definition) is 8. The number of rotatable bonds is 2. The molecule has 2 aromatic heterocycles. The Morgan fingerprint density at radius 2 is 1.12 bits per heavy atom. The molecule has 6 rings (SSSR count). The minimum absolute atomic E-state index is 0.397. The van der Waals surface area contributed by atoms with Crippen LogP contribution < -0.4 is 9.80 Å². The van der Waals surface area contributed by atoms with Gasteiger partial charge in [-0.3, -0.25) is 0 Å². The lowest BCUT2D eigenvalue weighted by Gasteiger charge is -2.34. The van der Waals surface area contributed by atoms with Crippen molar-refractivity contribution in [2.75, 3.05) is 36.1 Å². The normalized spacial score (nSPS) is 26.4. The molecule has 0 N–H and O–H groups in total. The molecule has 4 unspecified atom stereocenters. The summed E-state index contributed by atoms with van der Waals surface area (Å²) in [7, 11) is 0. The molecule has 0 amide bonds. The van der Waals surface area contributed by atoms with Gasteiger partial charge in [0.1, 0.15) is 0 Å². The van der Waals surface area contributed by atoms with E-state index in [0.717, 1.165) is 49.3 Å². The second-order valence-corrected chi connectivity index (χ2v) is 8.81. The number of aryl methyl sites for hydroxylation is 2. The van der Waals surface area contributed by atoms with E-state index >= 15 is 0 Å². The van der Waals surface area contributed by atoms with Gasteiger partial charge in [0.25, 0.3) is 0 Å². The SMILES string of the molecule is CC.CC.Cc1cnc(N2C3CCC2COC3)nc1.Cc1cnc(N2CC3CCC(C2)O3)nc1. The maximum atomic E-state index is 5.78. The largest absolute Gasteiger partial charge is 0.377 e. The van der Waals surface area contributed by atoms with Crippen molar-refractivity contribution in [3.63, 3.8) is 0 Å². The van der Waals surface area contributed by atoms with Crippen LogP contribution >= 0.6 is 0 Å². The third kappa shape index (κ3) is 6.42. The van der Waals surface area contributed by atoms with Gasteiger partial charge in [-0.25, -0.2) is 19.9 Å². The predicted molar refractivity (Wildman–Crippen MR) is 136 cm³/mol. The highest BCUT2D eigenvalue weighted by atomic mass is 16.5. The number of morpholine rings is 2. The molecule has 4 saturated heterocycles. The smallest absolute Gasteiger partial charge is 0.225 e. The van der Waals surface area contributed by atoms with Crippen LogP contribution in [0.2, 0.25) is 0 Å². The fraction of sp³-hybridized carbons (Fsp3) is 0.692. The second kappa shape index (κ2) is 13.0. The molecule has 8 nitrogen and oxygen atoms in total. The Hall–Kier alpha value is -2.32. The molecule has 34 heavy (non-hydrogen) atoms. The number of hydrogen-bond donors (Lipinski definition) is 0. The Labute approximate surface area is 205 Å². The van der Waals surface area contributed by atoms with Crippen molar-refractivity contribution in [1.82, 2.24) is 19.9 Å². The zero-order valence-electron chi connectivity index (χ0n) is 21.8. The van der Waals surface area contributed by atoms with Crippen LogP contribution in [-0.4, -0.2) is 70.5 Å². The summed E-state index contributed by atoms with van der Waals surface area (Å²) in [5.74, 6) is 1.72. The fourth-order valence-corrected chi connectivity index (χ4v) is 4.80. The summed E-state index contributed by atoms with van der Waals surface area (Å²) >= 11 is 0. The van der Waals surface area contributed by atoms with Gasteiger partial charge in [-0.2, -0.15) is 0 Å². The van der Waals surface area contributed by atoms with Gasteiger partial charge >= 0.3 is 0 Å². The van der Waals surface area contributed by atoms with E-state index < -0.39 is 0 Å². The maximum absolute atomic E-state index is 5.78. The number of fused-ring (bicyclic) bond motifs is 4.